The van der Waals surface area contributed by atoms with Crippen molar-refractivity contribution in [1.82, 2.24) is 9.21 Å². The maximum atomic E-state index is 13.2. The zero-order valence-corrected chi connectivity index (χ0v) is 19.2. The van der Waals surface area contributed by atoms with Crippen LogP contribution in [0.1, 0.15) is 40.7 Å². The third-order valence-corrected chi connectivity index (χ3v) is 8.43. The Hall–Kier alpha value is -2.38. The van der Waals surface area contributed by atoms with E-state index in [9.17, 15) is 13.2 Å². The largest absolute Gasteiger partial charge is 0.368 e. The molecular formula is C24H31N3O3S. The molecule has 31 heavy (non-hydrogen) atoms. The molecule has 2 aromatic rings. The minimum Gasteiger partial charge on any atom is -0.368 e. The fourth-order valence-electron chi connectivity index (χ4n) is 4.51. The summed E-state index contributed by atoms with van der Waals surface area (Å²) in [4.78, 5) is 17.6. The van der Waals surface area contributed by atoms with Gasteiger partial charge in [-0.05, 0) is 56.0 Å². The van der Waals surface area contributed by atoms with Crippen LogP contribution in [0.4, 0.5) is 5.69 Å². The molecule has 2 aromatic carbocycles. The van der Waals surface area contributed by atoms with E-state index in [4.69, 9.17) is 0 Å². The highest BCUT2D eigenvalue weighted by Gasteiger charge is 2.29. The Labute approximate surface area is 185 Å². The van der Waals surface area contributed by atoms with Gasteiger partial charge in [0, 0.05) is 50.5 Å². The van der Waals surface area contributed by atoms with Crippen LogP contribution < -0.4 is 4.90 Å². The molecule has 0 aliphatic carbocycles. The number of benzene rings is 2. The highest BCUT2D eigenvalue weighted by atomic mass is 32.2. The lowest BCUT2D eigenvalue weighted by molar-refractivity contribution is 0.0746. The van der Waals surface area contributed by atoms with Crippen LogP contribution in [0.5, 0.6) is 0 Å². The second-order valence-corrected chi connectivity index (χ2v) is 10.4. The molecule has 4 rings (SSSR count). The van der Waals surface area contributed by atoms with Crippen LogP contribution in [0.25, 0.3) is 0 Å². The number of aryl methyl sites for hydroxylation is 2. The molecule has 0 spiro atoms. The van der Waals surface area contributed by atoms with Crippen molar-refractivity contribution < 1.29 is 13.2 Å². The average molecular weight is 442 g/mol. The number of rotatable bonds is 4. The van der Waals surface area contributed by atoms with Crippen molar-refractivity contribution in [3.8, 4) is 0 Å². The number of hydrogen-bond acceptors (Lipinski definition) is 4. The Morgan fingerprint density at radius 3 is 2.16 bits per heavy atom. The first-order valence-corrected chi connectivity index (χ1v) is 12.5. The summed E-state index contributed by atoms with van der Waals surface area (Å²) in [6.07, 6.45) is 2.85. The molecule has 166 valence electrons. The third kappa shape index (κ3) is 4.48. The van der Waals surface area contributed by atoms with Gasteiger partial charge in [-0.2, -0.15) is 4.31 Å². The molecule has 2 heterocycles. The summed E-state index contributed by atoms with van der Waals surface area (Å²) in [5, 5.41) is 0. The Morgan fingerprint density at radius 2 is 1.48 bits per heavy atom. The molecular weight excluding hydrogens is 410 g/mol. The summed E-state index contributed by atoms with van der Waals surface area (Å²) < 4.78 is 27.9. The number of carbonyl (C=O) groups excluding carboxylic acids is 1. The molecule has 0 bridgehead atoms. The topological polar surface area (TPSA) is 60.9 Å². The number of piperidine rings is 1. The summed E-state index contributed by atoms with van der Waals surface area (Å²) in [6, 6.07) is 13.4. The van der Waals surface area contributed by atoms with Crippen molar-refractivity contribution in [3.63, 3.8) is 0 Å². The number of hydrogen-bond donors (Lipinski definition) is 0. The van der Waals surface area contributed by atoms with Gasteiger partial charge < -0.3 is 9.80 Å². The van der Waals surface area contributed by atoms with Crippen LogP contribution in [0.15, 0.2) is 47.4 Å². The van der Waals surface area contributed by atoms with Gasteiger partial charge in [-0.3, -0.25) is 4.79 Å². The molecule has 0 atom stereocenters. The smallest absolute Gasteiger partial charge is 0.254 e. The molecule has 6 nitrogen and oxygen atoms in total. The van der Waals surface area contributed by atoms with Crippen LogP contribution in [-0.2, 0) is 10.0 Å². The Balaban J connectivity index is 1.50. The van der Waals surface area contributed by atoms with Crippen LogP contribution in [-0.4, -0.2) is 62.8 Å². The normalized spacial score (nSPS) is 18.3. The number of anilines is 1. The minimum atomic E-state index is -3.57. The monoisotopic (exact) mass is 441 g/mol. The maximum Gasteiger partial charge on any atom is 0.254 e. The van der Waals surface area contributed by atoms with E-state index in [-0.39, 0.29) is 10.8 Å². The van der Waals surface area contributed by atoms with Crippen molar-refractivity contribution in [1.29, 1.82) is 0 Å². The van der Waals surface area contributed by atoms with E-state index in [0.717, 1.165) is 32.4 Å². The van der Waals surface area contributed by atoms with Crippen molar-refractivity contribution in [3.05, 3.63) is 59.2 Å². The van der Waals surface area contributed by atoms with E-state index in [1.54, 1.807) is 29.4 Å². The lowest BCUT2D eigenvalue weighted by Gasteiger charge is -2.37. The lowest BCUT2D eigenvalue weighted by atomic mass is 10.1. The van der Waals surface area contributed by atoms with Crippen LogP contribution in [0.3, 0.4) is 0 Å². The molecule has 2 aliphatic rings. The highest BCUT2D eigenvalue weighted by Crippen LogP contribution is 2.26. The fourth-order valence-corrected chi connectivity index (χ4v) is 6.27. The molecule has 2 aliphatic heterocycles. The quantitative estimate of drug-likeness (QED) is 0.729. The fraction of sp³-hybridized carbons (Fsp3) is 0.458. The molecule has 7 heteroatoms. The number of para-hydroxylation sites is 1. The molecule has 0 aromatic heterocycles. The van der Waals surface area contributed by atoms with E-state index in [1.165, 1.54) is 11.3 Å². The number of sulfonamides is 1. The summed E-state index contributed by atoms with van der Waals surface area (Å²) in [7, 11) is -3.57. The van der Waals surface area contributed by atoms with E-state index in [2.05, 4.69) is 24.0 Å². The second-order valence-electron chi connectivity index (χ2n) is 8.51. The standard InChI is InChI=1S/C24H31N3O3S/c1-19-8-4-5-9-22(19)25-14-16-26(17-15-25)24(28)21-11-10-20(2)23(18-21)31(29,30)27-12-6-3-7-13-27/h4-5,8-11,18H,3,6-7,12-17H2,1-2H3. The van der Waals surface area contributed by atoms with Gasteiger partial charge in [0.05, 0.1) is 4.90 Å². The predicted molar refractivity (Wildman–Crippen MR) is 123 cm³/mol. The van der Waals surface area contributed by atoms with Gasteiger partial charge in [0.15, 0.2) is 0 Å². The molecule has 0 saturated carbocycles. The first-order chi connectivity index (χ1) is 14.9. The van der Waals surface area contributed by atoms with Crippen molar-refractivity contribution in [2.75, 3.05) is 44.2 Å². The summed E-state index contributed by atoms with van der Waals surface area (Å²) in [5.74, 6) is -0.0977. The number of nitrogens with zero attached hydrogens (tertiary/aromatic N) is 3. The minimum absolute atomic E-state index is 0.0977. The zero-order chi connectivity index (χ0) is 22.0. The number of amides is 1. The Kier molecular flexibility index (Phi) is 6.34. The van der Waals surface area contributed by atoms with E-state index < -0.39 is 10.0 Å². The Morgan fingerprint density at radius 1 is 0.806 bits per heavy atom. The van der Waals surface area contributed by atoms with E-state index >= 15 is 0 Å². The van der Waals surface area contributed by atoms with Crippen molar-refractivity contribution in [2.24, 2.45) is 0 Å². The van der Waals surface area contributed by atoms with Gasteiger partial charge in [0.2, 0.25) is 10.0 Å². The summed E-state index contributed by atoms with van der Waals surface area (Å²) >= 11 is 0. The first-order valence-electron chi connectivity index (χ1n) is 11.1. The number of piperazine rings is 1. The van der Waals surface area contributed by atoms with E-state index in [1.807, 2.05) is 17.0 Å². The van der Waals surface area contributed by atoms with Gasteiger partial charge in [0.1, 0.15) is 0 Å². The maximum absolute atomic E-state index is 13.2. The lowest BCUT2D eigenvalue weighted by Crippen LogP contribution is -2.49. The zero-order valence-electron chi connectivity index (χ0n) is 18.4. The first kappa shape index (κ1) is 21.8. The number of carbonyl (C=O) groups is 1. The molecule has 2 saturated heterocycles. The van der Waals surface area contributed by atoms with Crippen LogP contribution >= 0.6 is 0 Å². The average Bonchev–Trinajstić information content (AvgIpc) is 2.80. The van der Waals surface area contributed by atoms with Gasteiger partial charge in [-0.25, -0.2) is 8.42 Å². The summed E-state index contributed by atoms with van der Waals surface area (Å²) in [5.41, 5.74) is 3.57. The van der Waals surface area contributed by atoms with Gasteiger partial charge in [-0.1, -0.05) is 30.7 Å². The van der Waals surface area contributed by atoms with Crippen molar-refractivity contribution >= 4 is 21.6 Å². The molecule has 2 fully saturated rings. The second kappa shape index (κ2) is 9.01. The molecule has 0 unspecified atom stereocenters. The highest BCUT2D eigenvalue weighted by molar-refractivity contribution is 7.89. The third-order valence-electron chi connectivity index (χ3n) is 6.39. The SMILES string of the molecule is Cc1ccccc1N1CCN(C(=O)c2ccc(C)c(S(=O)(=O)N3CCCCC3)c2)CC1. The van der Waals surface area contributed by atoms with Gasteiger partial charge >= 0.3 is 0 Å². The van der Waals surface area contributed by atoms with Crippen LogP contribution in [0.2, 0.25) is 0 Å². The molecule has 1 amide bonds. The van der Waals surface area contributed by atoms with Crippen molar-refractivity contribution in [2.45, 2.75) is 38.0 Å². The molecule has 0 radical (unpaired) electrons. The molecule has 0 N–H and O–H groups in total. The van der Waals surface area contributed by atoms with Gasteiger partial charge in [0.25, 0.3) is 5.91 Å². The Bertz CT molecular complexity index is 1050. The predicted octanol–water partition coefficient (Wildman–Crippen LogP) is 3.44. The van der Waals surface area contributed by atoms with E-state index in [0.29, 0.717) is 37.3 Å². The van der Waals surface area contributed by atoms with Crippen LogP contribution in [0, 0.1) is 13.8 Å². The summed E-state index contributed by atoms with van der Waals surface area (Å²) in [6.45, 7) is 7.78. The van der Waals surface area contributed by atoms with Gasteiger partial charge in [-0.15, -0.1) is 0 Å².